The predicted molar refractivity (Wildman–Crippen MR) is 83.3 cm³/mol. The van der Waals surface area contributed by atoms with E-state index < -0.39 is 0 Å². The van der Waals surface area contributed by atoms with Crippen molar-refractivity contribution in [3.05, 3.63) is 47.3 Å². The maximum Gasteiger partial charge on any atom is 0.174 e. The fraction of sp³-hybridized carbons (Fsp3) is 0.471. The highest BCUT2D eigenvalue weighted by Crippen LogP contribution is 2.21. The van der Waals surface area contributed by atoms with Crippen molar-refractivity contribution in [2.24, 2.45) is 0 Å². The van der Waals surface area contributed by atoms with Gasteiger partial charge in [0.1, 0.15) is 12.4 Å². The van der Waals surface area contributed by atoms with Gasteiger partial charge in [0.2, 0.25) is 0 Å². The Morgan fingerprint density at radius 2 is 2.00 bits per heavy atom. The van der Waals surface area contributed by atoms with Gasteiger partial charge < -0.3 is 14.6 Å². The van der Waals surface area contributed by atoms with Crippen LogP contribution in [0.1, 0.15) is 49.7 Å². The second-order valence-electron chi connectivity index (χ2n) is 5.21. The molecule has 0 saturated carbocycles. The van der Waals surface area contributed by atoms with Crippen molar-refractivity contribution in [1.29, 1.82) is 0 Å². The largest absolute Gasteiger partial charge is 0.486 e. The zero-order chi connectivity index (χ0) is 15.1. The Labute approximate surface area is 126 Å². The second kappa shape index (κ2) is 7.84. The van der Waals surface area contributed by atoms with Crippen molar-refractivity contribution in [2.45, 2.75) is 46.3 Å². The van der Waals surface area contributed by atoms with Gasteiger partial charge in [-0.05, 0) is 44.0 Å². The molecule has 1 heterocycles. The second-order valence-corrected chi connectivity index (χ2v) is 5.21. The average Bonchev–Trinajstić information content (AvgIpc) is 2.93. The first-order valence-corrected chi connectivity index (χ1v) is 7.61. The molecule has 4 nitrogen and oxygen atoms in total. The monoisotopic (exact) mass is 288 g/mol. The zero-order valence-electron chi connectivity index (χ0n) is 13.1. The normalized spacial score (nSPS) is 12.3. The molecule has 0 aliphatic rings. The minimum absolute atomic E-state index is 0.408. The third-order valence-electron chi connectivity index (χ3n) is 3.39. The number of aryl methyl sites for hydroxylation is 1. The molecule has 2 aromatic rings. The van der Waals surface area contributed by atoms with E-state index in [0.29, 0.717) is 12.6 Å². The van der Waals surface area contributed by atoms with Crippen molar-refractivity contribution in [1.82, 2.24) is 10.5 Å². The van der Waals surface area contributed by atoms with Gasteiger partial charge in [-0.1, -0.05) is 31.1 Å². The van der Waals surface area contributed by atoms with Crippen LogP contribution >= 0.6 is 0 Å². The molecular weight excluding hydrogens is 264 g/mol. The highest BCUT2D eigenvalue weighted by molar-refractivity contribution is 5.29. The van der Waals surface area contributed by atoms with Gasteiger partial charge in [0, 0.05) is 12.1 Å². The van der Waals surface area contributed by atoms with Gasteiger partial charge in [-0.2, -0.15) is 0 Å². The van der Waals surface area contributed by atoms with Crippen LogP contribution in [0.4, 0.5) is 0 Å². The van der Waals surface area contributed by atoms with Crippen LogP contribution in [0.5, 0.6) is 5.75 Å². The van der Waals surface area contributed by atoms with E-state index in [0.717, 1.165) is 36.6 Å². The first kappa shape index (κ1) is 15.6. The Morgan fingerprint density at radius 1 is 1.24 bits per heavy atom. The van der Waals surface area contributed by atoms with Gasteiger partial charge in [-0.3, -0.25) is 0 Å². The third kappa shape index (κ3) is 4.60. The lowest BCUT2D eigenvalue weighted by Crippen LogP contribution is -2.21. The molecule has 1 unspecified atom stereocenters. The lowest BCUT2D eigenvalue weighted by Gasteiger charge is -2.17. The summed E-state index contributed by atoms with van der Waals surface area (Å²) in [6.45, 7) is 7.73. The summed E-state index contributed by atoms with van der Waals surface area (Å²) in [5, 5.41) is 7.39. The molecule has 0 fully saturated rings. The molecule has 0 bridgehead atoms. The fourth-order valence-corrected chi connectivity index (χ4v) is 2.25. The van der Waals surface area contributed by atoms with E-state index >= 15 is 0 Å². The maximum absolute atomic E-state index is 5.70. The zero-order valence-corrected chi connectivity index (χ0v) is 13.1. The summed E-state index contributed by atoms with van der Waals surface area (Å²) in [7, 11) is 0. The van der Waals surface area contributed by atoms with E-state index in [9.17, 15) is 0 Å². The first-order chi connectivity index (χ1) is 10.2. The number of nitrogens with zero attached hydrogens (tertiary/aromatic N) is 1. The summed E-state index contributed by atoms with van der Waals surface area (Å²) in [5.74, 6) is 1.59. The molecule has 0 saturated heterocycles. The fourth-order valence-electron chi connectivity index (χ4n) is 2.25. The molecule has 0 aliphatic heterocycles. The van der Waals surface area contributed by atoms with E-state index in [-0.39, 0.29) is 0 Å². The number of aromatic nitrogens is 1. The quantitative estimate of drug-likeness (QED) is 0.797. The Morgan fingerprint density at radius 3 is 2.57 bits per heavy atom. The van der Waals surface area contributed by atoms with Gasteiger partial charge in [0.05, 0.1) is 5.69 Å². The summed E-state index contributed by atoms with van der Waals surface area (Å²) in [4.78, 5) is 0. The molecule has 0 radical (unpaired) electrons. The molecule has 21 heavy (non-hydrogen) atoms. The minimum Gasteiger partial charge on any atom is -0.486 e. The van der Waals surface area contributed by atoms with Crippen molar-refractivity contribution in [3.63, 3.8) is 0 Å². The van der Waals surface area contributed by atoms with Crippen LogP contribution in [-0.4, -0.2) is 11.7 Å². The highest BCUT2D eigenvalue weighted by atomic mass is 16.5. The first-order valence-electron chi connectivity index (χ1n) is 7.61. The maximum atomic E-state index is 5.70. The molecule has 4 heteroatoms. The average molecular weight is 288 g/mol. The summed E-state index contributed by atoms with van der Waals surface area (Å²) >= 11 is 0. The van der Waals surface area contributed by atoms with E-state index in [1.54, 1.807) is 0 Å². The SMILES string of the molecule is CCCNC(CC)c1ccc(OCc2cc(C)no2)cc1. The summed E-state index contributed by atoms with van der Waals surface area (Å²) in [6.07, 6.45) is 2.23. The van der Waals surface area contributed by atoms with Crippen molar-refractivity contribution < 1.29 is 9.26 Å². The van der Waals surface area contributed by atoms with Crippen LogP contribution in [0.3, 0.4) is 0 Å². The molecule has 114 valence electrons. The molecule has 0 aliphatic carbocycles. The summed E-state index contributed by atoms with van der Waals surface area (Å²) in [5.41, 5.74) is 2.17. The van der Waals surface area contributed by atoms with Crippen LogP contribution in [0.25, 0.3) is 0 Å². The minimum atomic E-state index is 0.408. The van der Waals surface area contributed by atoms with E-state index in [1.165, 1.54) is 5.56 Å². The molecule has 1 N–H and O–H groups in total. The molecule has 1 aromatic heterocycles. The molecular formula is C17H24N2O2. The Kier molecular flexibility index (Phi) is 5.81. The topological polar surface area (TPSA) is 47.3 Å². The smallest absolute Gasteiger partial charge is 0.174 e. The molecule has 0 amide bonds. The Hall–Kier alpha value is -1.81. The van der Waals surface area contributed by atoms with Crippen LogP contribution in [0.2, 0.25) is 0 Å². The number of ether oxygens (including phenoxy) is 1. The Balaban J connectivity index is 1.91. The molecule has 2 rings (SSSR count). The van der Waals surface area contributed by atoms with Gasteiger partial charge in [0.15, 0.2) is 5.76 Å². The van der Waals surface area contributed by atoms with E-state index in [2.05, 4.69) is 36.5 Å². The molecule has 1 aromatic carbocycles. The number of hydrogen-bond donors (Lipinski definition) is 1. The highest BCUT2D eigenvalue weighted by Gasteiger charge is 2.08. The Bertz CT molecular complexity index is 534. The number of rotatable bonds is 8. The number of hydrogen-bond acceptors (Lipinski definition) is 4. The molecule has 0 spiro atoms. The van der Waals surface area contributed by atoms with Crippen molar-refractivity contribution >= 4 is 0 Å². The van der Waals surface area contributed by atoms with Gasteiger partial charge in [-0.25, -0.2) is 0 Å². The van der Waals surface area contributed by atoms with Crippen LogP contribution in [-0.2, 0) is 6.61 Å². The van der Waals surface area contributed by atoms with Crippen LogP contribution in [0, 0.1) is 6.92 Å². The van der Waals surface area contributed by atoms with Gasteiger partial charge >= 0.3 is 0 Å². The number of nitrogens with one attached hydrogen (secondary N) is 1. The van der Waals surface area contributed by atoms with Crippen LogP contribution in [0.15, 0.2) is 34.9 Å². The molecule has 1 atom stereocenters. The standard InChI is InChI=1S/C17H24N2O2/c1-4-10-18-17(5-2)14-6-8-15(9-7-14)20-12-16-11-13(3)19-21-16/h6-9,11,17-18H,4-5,10,12H2,1-3H3. The van der Waals surface area contributed by atoms with E-state index in [1.807, 2.05) is 25.1 Å². The lowest BCUT2D eigenvalue weighted by molar-refractivity contribution is 0.248. The van der Waals surface area contributed by atoms with Crippen LogP contribution < -0.4 is 10.1 Å². The van der Waals surface area contributed by atoms with Gasteiger partial charge in [0.25, 0.3) is 0 Å². The van der Waals surface area contributed by atoms with Crippen molar-refractivity contribution in [2.75, 3.05) is 6.54 Å². The predicted octanol–water partition coefficient (Wildman–Crippen LogP) is 4.01. The third-order valence-corrected chi connectivity index (χ3v) is 3.39. The summed E-state index contributed by atoms with van der Waals surface area (Å²) in [6, 6.07) is 10.6. The lowest BCUT2D eigenvalue weighted by atomic mass is 10.0. The van der Waals surface area contributed by atoms with Gasteiger partial charge in [-0.15, -0.1) is 0 Å². The van der Waals surface area contributed by atoms with E-state index in [4.69, 9.17) is 9.26 Å². The summed E-state index contributed by atoms with van der Waals surface area (Å²) < 4.78 is 10.8. The number of benzene rings is 1. The van der Waals surface area contributed by atoms with Crippen molar-refractivity contribution in [3.8, 4) is 5.75 Å².